The third-order valence-corrected chi connectivity index (χ3v) is 3.56. The standard InChI is InChI=1S/C20H22N2O4/c1-2-12-21-20(25)22-18(23)14-26-19(24)13-15-8-10-17(11-9-15)16-6-4-3-5-7-16/h3-11H,2,12-14H2,1H3,(H2,21,22,23,25). The van der Waals surface area contributed by atoms with Crippen molar-refractivity contribution >= 4 is 17.9 Å². The highest BCUT2D eigenvalue weighted by molar-refractivity contribution is 5.95. The van der Waals surface area contributed by atoms with Crippen LogP contribution in [0.15, 0.2) is 54.6 Å². The molecule has 0 aliphatic carbocycles. The van der Waals surface area contributed by atoms with Crippen LogP contribution in [-0.2, 0) is 20.7 Å². The molecule has 0 spiro atoms. The quantitative estimate of drug-likeness (QED) is 0.749. The van der Waals surface area contributed by atoms with Crippen LogP contribution in [0.4, 0.5) is 4.79 Å². The van der Waals surface area contributed by atoms with Crippen LogP contribution in [0.5, 0.6) is 0 Å². The molecule has 2 aromatic rings. The van der Waals surface area contributed by atoms with Crippen molar-refractivity contribution < 1.29 is 19.1 Å². The molecule has 0 bridgehead atoms. The van der Waals surface area contributed by atoms with Crippen molar-refractivity contribution in [3.63, 3.8) is 0 Å². The van der Waals surface area contributed by atoms with E-state index in [4.69, 9.17) is 4.74 Å². The summed E-state index contributed by atoms with van der Waals surface area (Å²) in [6.45, 7) is 1.88. The molecule has 0 aromatic heterocycles. The highest BCUT2D eigenvalue weighted by atomic mass is 16.5. The molecule has 0 atom stereocenters. The first-order valence-corrected chi connectivity index (χ1v) is 8.46. The normalized spacial score (nSPS) is 10.0. The topological polar surface area (TPSA) is 84.5 Å². The molecule has 136 valence electrons. The van der Waals surface area contributed by atoms with E-state index < -0.39 is 24.5 Å². The average molecular weight is 354 g/mol. The molecule has 2 rings (SSSR count). The molecule has 0 aliphatic rings. The lowest BCUT2D eigenvalue weighted by molar-refractivity contribution is -0.147. The van der Waals surface area contributed by atoms with Crippen LogP contribution in [0.25, 0.3) is 11.1 Å². The van der Waals surface area contributed by atoms with E-state index in [2.05, 4.69) is 10.6 Å². The molecule has 6 nitrogen and oxygen atoms in total. The SMILES string of the molecule is CCCNC(=O)NC(=O)COC(=O)Cc1ccc(-c2ccccc2)cc1. The Kier molecular flexibility index (Phi) is 7.36. The summed E-state index contributed by atoms with van der Waals surface area (Å²) < 4.78 is 4.90. The van der Waals surface area contributed by atoms with Crippen LogP contribution in [-0.4, -0.2) is 31.1 Å². The number of benzene rings is 2. The molecule has 0 saturated carbocycles. The minimum Gasteiger partial charge on any atom is -0.455 e. The number of urea groups is 1. The van der Waals surface area contributed by atoms with E-state index in [-0.39, 0.29) is 6.42 Å². The number of imide groups is 1. The van der Waals surface area contributed by atoms with Gasteiger partial charge in [0.15, 0.2) is 6.61 Å². The second-order valence-electron chi connectivity index (χ2n) is 5.70. The number of carbonyl (C=O) groups is 3. The van der Waals surface area contributed by atoms with Gasteiger partial charge in [-0.3, -0.25) is 14.9 Å². The predicted molar refractivity (Wildman–Crippen MR) is 98.4 cm³/mol. The molecule has 3 amide bonds. The first kappa shape index (κ1) is 19.2. The summed E-state index contributed by atoms with van der Waals surface area (Å²) in [7, 11) is 0. The number of hydrogen-bond acceptors (Lipinski definition) is 4. The van der Waals surface area contributed by atoms with Gasteiger partial charge in [-0.15, -0.1) is 0 Å². The van der Waals surface area contributed by atoms with Gasteiger partial charge >= 0.3 is 12.0 Å². The third kappa shape index (κ3) is 6.39. The number of rotatable bonds is 7. The van der Waals surface area contributed by atoms with E-state index in [1.807, 2.05) is 61.5 Å². The fourth-order valence-corrected chi connectivity index (χ4v) is 2.25. The Morgan fingerprint density at radius 1 is 0.923 bits per heavy atom. The van der Waals surface area contributed by atoms with E-state index in [9.17, 15) is 14.4 Å². The average Bonchev–Trinajstić information content (AvgIpc) is 2.66. The van der Waals surface area contributed by atoms with E-state index in [0.717, 1.165) is 23.1 Å². The highest BCUT2D eigenvalue weighted by Gasteiger charge is 2.11. The van der Waals surface area contributed by atoms with E-state index in [1.165, 1.54) is 0 Å². The minimum absolute atomic E-state index is 0.0599. The van der Waals surface area contributed by atoms with Crippen molar-refractivity contribution in [2.45, 2.75) is 19.8 Å². The first-order valence-electron chi connectivity index (χ1n) is 8.46. The summed E-state index contributed by atoms with van der Waals surface area (Å²) in [5.74, 6) is -1.19. The molecule has 0 aliphatic heterocycles. The molecule has 0 radical (unpaired) electrons. The summed E-state index contributed by atoms with van der Waals surface area (Å²) in [4.78, 5) is 34.7. The van der Waals surface area contributed by atoms with Gasteiger partial charge in [0.1, 0.15) is 0 Å². The highest BCUT2D eigenvalue weighted by Crippen LogP contribution is 2.19. The van der Waals surface area contributed by atoms with Crippen molar-refractivity contribution in [3.8, 4) is 11.1 Å². The van der Waals surface area contributed by atoms with Crippen molar-refractivity contribution in [1.29, 1.82) is 0 Å². The molecule has 0 fully saturated rings. The third-order valence-electron chi connectivity index (χ3n) is 3.56. The van der Waals surface area contributed by atoms with Gasteiger partial charge in [0.05, 0.1) is 6.42 Å². The monoisotopic (exact) mass is 354 g/mol. The van der Waals surface area contributed by atoms with Crippen LogP contribution < -0.4 is 10.6 Å². The lowest BCUT2D eigenvalue weighted by Crippen LogP contribution is -2.41. The molecular formula is C20H22N2O4. The summed E-state index contributed by atoms with van der Waals surface area (Å²) in [5.41, 5.74) is 2.94. The van der Waals surface area contributed by atoms with E-state index >= 15 is 0 Å². The lowest BCUT2D eigenvalue weighted by Gasteiger charge is -2.07. The molecule has 2 aromatic carbocycles. The van der Waals surface area contributed by atoms with Gasteiger partial charge < -0.3 is 10.1 Å². The van der Waals surface area contributed by atoms with Gasteiger partial charge in [0, 0.05) is 6.54 Å². The summed E-state index contributed by atoms with van der Waals surface area (Å²) >= 11 is 0. The van der Waals surface area contributed by atoms with Crippen molar-refractivity contribution in [3.05, 3.63) is 60.2 Å². The zero-order valence-electron chi connectivity index (χ0n) is 14.7. The van der Waals surface area contributed by atoms with Gasteiger partial charge in [-0.1, -0.05) is 61.5 Å². The summed E-state index contributed by atoms with van der Waals surface area (Å²) in [6, 6.07) is 16.9. The summed E-state index contributed by atoms with van der Waals surface area (Å²) in [5, 5.41) is 4.59. The second-order valence-corrected chi connectivity index (χ2v) is 5.70. The molecular weight excluding hydrogens is 332 g/mol. The van der Waals surface area contributed by atoms with Crippen LogP contribution in [0.2, 0.25) is 0 Å². The molecule has 0 unspecified atom stereocenters. The van der Waals surface area contributed by atoms with Crippen LogP contribution in [0.3, 0.4) is 0 Å². The van der Waals surface area contributed by atoms with E-state index in [0.29, 0.717) is 6.54 Å². The Bertz CT molecular complexity index is 742. The van der Waals surface area contributed by atoms with Crippen LogP contribution in [0, 0.1) is 0 Å². The Balaban J connectivity index is 1.77. The van der Waals surface area contributed by atoms with Crippen molar-refractivity contribution in [2.24, 2.45) is 0 Å². The maximum absolute atomic E-state index is 11.8. The Morgan fingerprint density at radius 3 is 2.23 bits per heavy atom. The summed E-state index contributed by atoms with van der Waals surface area (Å²) in [6.07, 6.45) is 0.823. The van der Waals surface area contributed by atoms with Crippen LogP contribution in [0.1, 0.15) is 18.9 Å². The number of amides is 3. The molecule has 2 N–H and O–H groups in total. The lowest BCUT2D eigenvalue weighted by atomic mass is 10.0. The molecule has 0 heterocycles. The van der Waals surface area contributed by atoms with Crippen molar-refractivity contribution in [2.75, 3.05) is 13.2 Å². The molecule has 26 heavy (non-hydrogen) atoms. The second kappa shape index (κ2) is 9.98. The van der Waals surface area contributed by atoms with E-state index in [1.54, 1.807) is 0 Å². The number of nitrogens with one attached hydrogen (secondary N) is 2. The zero-order valence-corrected chi connectivity index (χ0v) is 14.7. The minimum atomic E-state index is -0.661. The first-order chi connectivity index (χ1) is 12.6. The predicted octanol–water partition coefficient (Wildman–Crippen LogP) is 2.68. The maximum Gasteiger partial charge on any atom is 0.321 e. The van der Waals surface area contributed by atoms with Crippen LogP contribution >= 0.6 is 0 Å². The van der Waals surface area contributed by atoms with Gasteiger partial charge in [0.2, 0.25) is 0 Å². The number of esters is 1. The maximum atomic E-state index is 11.8. The Labute approximate surface area is 152 Å². The largest absolute Gasteiger partial charge is 0.455 e. The zero-order chi connectivity index (χ0) is 18.8. The smallest absolute Gasteiger partial charge is 0.321 e. The number of hydrogen-bond donors (Lipinski definition) is 2. The van der Waals surface area contributed by atoms with Crippen molar-refractivity contribution in [1.82, 2.24) is 10.6 Å². The molecule has 6 heteroatoms. The Hall–Kier alpha value is -3.15. The van der Waals surface area contributed by atoms with Gasteiger partial charge in [-0.2, -0.15) is 0 Å². The fraction of sp³-hybridized carbons (Fsp3) is 0.250. The van der Waals surface area contributed by atoms with Gasteiger partial charge in [-0.25, -0.2) is 4.79 Å². The molecule has 0 saturated heterocycles. The Morgan fingerprint density at radius 2 is 1.58 bits per heavy atom. The van der Waals surface area contributed by atoms with Gasteiger partial charge in [0.25, 0.3) is 5.91 Å². The van der Waals surface area contributed by atoms with Gasteiger partial charge in [-0.05, 0) is 23.1 Å². The fourth-order valence-electron chi connectivity index (χ4n) is 2.25. The number of ether oxygens (including phenoxy) is 1. The number of carbonyl (C=O) groups excluding carboxylic acids is 3.